The molecule has 1 aliphatic heterocycles. The molecule has 1 saturated heterocycles. The maximum atomic E-state index is 13.2. The van der Waals surface area contributed by atoms with Crippen LogP contribution in [-0.4, -0.2) is 39.8 Å². The standard InChI is InChI=1S/C24H26F3N5O/c1-13(2)20-17-10-15(14-6-8-28-9-7-14)4-5-18(17)29-21(20)16-11-19(33-3)22-30-23(24(25,26)27)31-32(22)12-16/h4-5,10-14,28-29H,6-9H2,1-3H3. The molecule has 0 atom stereocenters. The molecule has 0 spiro atoms. The first kappa shape index (κ1) is 21.8. The molecule has 0 unspecified atom stereocenters. The molecule has 4 aromatic rings. The van der Waals surface area contributed by atoms with Crippen LogP contribution in [-0.2, 0) is 6.18 Å². The zero-order valence-electron chi connectivity index (χ0n) is 18.8. The number of hydrogen-bond acceptors (Lipinski definition) is 4. The number of pyridine rings is 1. The van der Waals surface area contributed by atoms with Crippen LogP contribution in [0.25, 0.3) is 27.8 Å². The average molecular weight is 458 g/mol. The van der Waals surface area contributed by atoms with Crippen molar-refractivity contribution < 1.29 is 17.9 Å². The number of aromatic amines is 1. The molecule has 3 aromatic heterocycles. The van der Waals surface area contributed by atoms with Crippen LogP contribution in [0.2, 0.25) is 0 Å². The third kappa shape index (κ3) is 3.84. The number of hydrogen-bond donors (Lipinski definition) is 2. The monoisotopic (exact) mass is 457 g/mol. The molecular weight excluding hydrogens is 431 g/mol. The van der Waals surface area contributed by atoms with Crippen molar-refractivity contribution in [1.29, 1.82) is 0 Å². The van der Waals surface area contributed by atoms with Gasteiger partial charge in [0, 0.05) is 22.7 Å². The van der Waals surface area contributed by atoms with E-state index in [1.807, 2.05) is 0 Å². The zero-order valence-corrected chi connectivity index (χ0v) is 18.8. The van der Waals surface area contributed by atoms with Crippen molar-refractivity contribution in [3.8, 4) is 17.0 Å². The Kier molecular flexibility index (Phi) is 5.31. The summed E-state index contributed by atoms with van der Waals surface area (Å²) in [7, 11) is 1.42. The van der Waals surface area contributed by atoms with E-state index in [0.29, 0.717) is 11.5 Å². The average Bonchev–Trinajstić information content (AvgIpc) is 3.40. The van der Waals surface area contributed by atoms with Gasteiger partial charge in [-0.25, -0.2) is 4.52 Å². The second-order valence-corrected chi connectivity index (χ2v) is 8.90. The highest BCUT2D eigenvalue weighted by Crippen LogP contribution is 2.39. The van der Waals surface area contributed by atoms with Crippen LogP contribution < -0.4 is 10.1 Å². The predicted molar refractivity (Wildman–Crippen MR) is 121 cm³/mol. The van der Waals surface area contributed by atoms with Crippen molar-refractivity contribution in [1.82, 2.24) is 24.9 Å². The third-order valence-electron chi connectivity index (χ3n) is 6.41. The highest BCUT2D eigenvalue weighted by atomic mass is 19.4. The molecular formula is C24H26F3N5O. The fraction of sp³-hybridized carbons (Fsp3) is 0.417. The van der Waals surface area contributed by atoms with Crippen LogP contribution in [0.4, 0.5) is 13.2 Å². The molecule has 1 aromatic carbocycles. The second kappa shape index (κ2) is 8.06. The molecule has 0 radical (unpaired) electrons. The van der Waals surface area contributed by atoms with E-state index in [4.69, 9.17) is 4.74 Å². The van der Waals surface area contributed by atoms with Crippen molar-refractivity contribution in [2.75, 3.05) is 20.2 Å². The minimum atomic E-state index is -4.63. The normalized spacial score (nSPS) is 15.7. The predicted octanol–water partition coefficient (Wildman–Crippen LogP) is 5.50. The van der Waals surface area contributed by atoms with E-state index in [2.05, 4.69) is 52.4 Å². The zero-order chi connectivity index (χ0) is 23.3. The van der Waals surface area contributed by atoms with Gasteiger partial charge in [0.25, 0.3) is 5.82 Å². The quantitative estimate of drug-likeness (QED) is 0.425. The van der Waals surface area contributed by atoms with E-state index in [0.717, 1.165) is 52.6 Å². The molecule has 1 aliphatic rings. The number of H-pyrrole nitrogens is 1. The SMILES string of the molecule is COc1cc(-c2[nH]c3ccc(C4CCNCC4)cc3c2C(C)C)cn2nc(C(F)(F)F)nc12. The lowest BCUT2D eigenvalue weighted by atomic mass is 9.88. The number of alkyl halides is 3. The molecule has 4 heterocycles. The fourth-order valence-corrected chi connectivity index (χ4v) is 4.83. The lowest BCUT2D eigenvalue weighted by Gasteiger charge is -2.23. The Morgan fingerprint density at radius 1 is 1.15 bits per heavy atom. The molecule has 0 aliphatic carbocycles. The minimum absolute atomic E-state index is 0.0315. The summed E-state index contributed by atoms with van der Waals surface area (Å²) in [5.74, 6) is -0.230. The molecule has 0 saturated carbocycles. The van der Waals surface area contributed by atoms with Gasteiger partial charge in [0.15, 0.2) is 11.4 Å². The summed E-state index contributed by atoms with van der Waals surface area (Å²) in [6.07, 6.45) is -0.833. The Morgan fingerprint density at radius 3 is 2.58 bits per heavy atom. The van der Waals surface area contributed by atoms with Gasteiger partial charge >= 0.3 is 6.18 Å². The number of piperidine rings is 1. The topological polar surface area (TPSA) is 67.2 Å². The largest absolute Gasteiger partial charge is 0.493 e. The van der Waals surface area contributed by atoms with Gasteiger partial charge in [-0.1, -0.05) is 19.9 Å². The van der Waals surface area contributed by atoms with Crippen LogP contribution in [0.5, 0.6) is 5.75 Å². The van der Waals surface area contributed by atoms with Gasteiger partial charge in [0.05, 0.1) is 12.8 Å². The molecule has 2 N–H and O–H groups in total. The summed E-state index contributed by atoms with van der Waals surface area (Å²) in [5.41, 5.74) is 5.03. The molecule has 33 heavy (non-hydrogen) atoms. The fourth-order valence-electron chi connectivity index (χ4n) is 4.83. The van der Waals surface area contributed by atoms with Crippen molar-refractivity contribution in [2.45, 2.75) is 44.7 Å². The van der Waals surface area contributed by atoms with Gasteiger partial charge in [0.1, 0.15) is 0 Å². The summed E-state index contributed by atoms with van der Waals surface area (Å²) < 4.78 is 46.1. The van der Waals surface area contributed by atoms with Gasteiger partial charge in [-0.05, 0) is 67.1 Å². The van der Waals surface area contributed by atoms with E-state index in [-0.39, 0.29) is 17.3 Å². The second-order valence-electron chi connectivity index (χ2n) is 8.90. The number of benzene rings is 1. The first-order valence-corrected chi connectivity index (χ1v) is 11.1. The summed E-state index contributed by atoms with van der Waals surface area (Å²) in [5, 5.41) is 8.22. The molecule has 9 heteroatoms. The maximum absolute atomic E-state index is 13.2. The number of rotatable bonds is 4. The van der Waals surface area contributed by atoms with E-state index >= 15 is 0 Å². The number of nitrogens with one attached hydrogen (secondary N) is 2. The molecule has 6 nitrogen and oxygen atoms in total. The first-order valence-electron chi connectivity index (χ1n) is 11.1. The van der Waals surface area contributed by atoms with Crippen LogP contribution in [0.15, 0.2) is 30.5 Å². The number of ether oxygens (including phenoxy) is 1. The Hall–Kier alpha value is -3.07. The van der Waals surface area contributed by atoms with Gasteiger partial charge in [-0.3, -0.25) is 0 Å². The molecule has 1 fully saturated rings. The van der Waals surface area contributed by atoms with Crippen molar-refractivity contribution in [3.63, 3.8) is 0 Å². The molecule has 0 amide bonds. The maximum Gasteiger partial charge on any atom is 0.453 e. The minimum Gasteiger partial charge on any atom is -0.493 e. The number of aromatic nitrogens is 4. The Labute approximate surface area is 189 Å². The van der Waals surface area contributed by atoms with Gasteiger partial charge < -0.3 is 15.0 Å². The van der Waals surface area contributed by atoms with Crippen molar-refractivity contribution in [2.24, 2.45) is 0 Å². The Morgan fingerprint density at radius 2 is 1.91 bits per heavy atom. The van der Waals surface area contributed by atoms with Crippen LogP contribution in [0.3, 0.4) is 0 Å². The molecule has 174 valence electrons. The summed E-state index contributed by atoms with van der Waals surface area (Å²) >= 11 is 0. The van der Waals surface area contributed by atoms with Crippen LogP contribution in [0.1, 0.15) is 55.5 Å². The van der Waals surface area contributed by atoms with Gasteiger partial charge in [0.2, 0.25) is 0 Å². The Balaban J connectivity index is 1.67. The van der Waals surface area contributed by atoms with Gasteiger partial charge in [-0.2, -0.15) is 18.2 Å². The molecule has 0 bridgehead atoms. The lowest BCUT2D eigenvalue weighted by Crippen LogP contribution is -2.26. The Bertz CT molecular complexity index is 1320. The molecule has 5 rings (SSSR count). The third-order valence-corrected chi connectivity index (χ3v) is 6.41. The number of halogens is 3. The van der Waals surface area contributed by atoms with Gasteiger partial charge in [-0.15, -0.1) is 5.10 Å². The van der Waals surface area contributed by atoms with E-state index in [1.54, 1.807) is 12.3 Å². The number of methoxy groups -OCH3 is 1. The van der Waals surface area contributed by atoms with Crippen molar-refractivity contribution in [3.05, 3.63) is 47.4 Å². The van der Waals surface area contributed by atoms with E-state index < -0.39 is 12.0 Å². The van der Waals surface area contributed by atoms with E-state index in [9.17, 15) is 13.2 Å². The lowest BCUT2D eigenvalue weighted by molar-refractivity contribution is -0.144. The van der Waals surface area contributed by atoms with Crippen LogP contribution in [0, 0.1) is 0 Å². The van der Waals surface area contributed by atoms with E-state index in [1.165, 1.54) is 12.7 Å². The summed E-state index contributed by atoms with van der Waals surface area (Å²) in [6.45, 7) is 6.29. The number of fused-ring (bicyclic) bond motifs is 2. The summed E-state index contributed by atoms with van der Waals surface area (Å²) in [4.78, 5) is 7.13. The highest BCUT2D eigenvalue weighted by molar-refractivity contribution is 5.92. The van der Waals surface area contributed by atoms with Crippen LogP contribution >= 0.6 is 0 Å². The first-order chi connectivity index (χ1) is 15.8. The summed E-state index contributed by atoms with van der Waals surface area (Å²) in [6, 6.07) is 8.27. The smallest absolute Gasteiger partial charge is 0.453 e. The highest BCUT2D eigenvalue weighted by Gasteiger charge is 2.37. The number of nitrogens with zero attached hydrogens (tertiary/aromatic N) is 3. The van der Waals surface area contributed by atoms with Crippen molar-refractivity contribution >= 4 is 16.6 Å².